The van der Waals surface area contributed by atoms with E-state index in [4.69, 9.17) is 0 Å². The van der Waals surface area contributed by atoms with Gasteiger partial charge in [0.25, 0.3) is 0 Å². The normalized spacial score (nSPS) is 12.2. The molecule has 3 aromatic rings. The summed E-state index contributed by atoms with van der Waals surface area (Å²) >= 11 is 0. The molecule has 0 radical (unpaired) electrons. The molecule has 2 aromatic carbocycles. The van der Waals surface area contributed by atoms with Crippen molar-refractivity contribution in [3.05, 3.63) is 94.8 Å². The van der Waals surface area contributed by atoms with Crippen molar-refractivity contribution in [3.63, 3.8) is 0 Å². The lowest BCUT2D eigenvalue weighted by Crippen LogP contribution is -2.26. The Balaban J connectivity index is 1.74. The number of rotatable bonds is 9. The van der Waals surface area contributed by atoms with Crippen molar-refractivity contribution in [2.24, 2.45) is 5.92 Å². The highest BCUT2D eigenvalue weighted by molar-refractivity contribution is 5.25. The summed E-state index contributed by atoms with van der Waals surface area (Å²) in [6.45, 7) is 6.38. The Morgan fingerprint density at radius 2 is 1.53 bits per heavy atom. The van der Waals surface area contributed by atoms with Crippen LogP contribution in [0.4, 0.5) is 22.0 Å². The first-order valence-electron chi connectivity index (χ1n) is 10.6. The molecule has 1 aromatic heterocycles. The van der Waals surface area contributed by atoms with Gasteiger partial charge in [-0.2, -0.15) is 13.2 Å². The van der Waals surface area contributed by atoms with E-state index in [0.717, 1.165) is 42.4 Å². The first kappa shape index (κ1) is 24.0. The molecule has 0 unspecified atom stereocenters. The molecule has 32 heavy (non-hydrogen) atoms. The quantitative estimate of drug-likeness (QED) is 0.323. The molecule has 0 aliphatic rings. The predicted molar refractivity (Wildman–Crippen MR) is 115 cm³/mol. The van der Waals surface area contributed by atoms with E-state index < -0.39 is 23.4 Å². The van der Waals surface area contributed by atoms with E-state index in [1.807, 2.05) is 22.9 Å². The van der Waals surface area contributed by atoms with Crippen molar-refractivity contribution < 1.29 is 22.0 Å². The van der Waals surface area contributed by atoms with Crippen molar-refractivity contribution in [1.82, 2.24) is 9.47 Å². The number of aromatic nitrogens is 1. The Hall–Kier alpha value is -2.67. The summed E-state index contributed by atoms with van der Waals surface area (Å²) < 4.78 is 67.7. The van der Waals surface area contributed by atoms with Gasteiger partial charge in [-0.1, -0.05) is 26.0 Å². The minimum Gasteiger partial charge on any atom is -0.346 e. The zero-order valence-corrected chi connectivity index (χ0v) is 18.2. The molecule has 0 bridgehead atoms. The van der Waals surface area contributed by atoms with Crippen LogP contribution in [0.2, 0.25) is 0 Å². The minimum atomic E-state index is -4.36. The molecule has 1 heterocycles. The van der Waals surface area contributed by atoms with Crippen LogP contribution in [-0.2, 0) is 25.8 Å². The average molecular weight is 450 g/mol. The standard InChI is InChI=1S/C25H27F5N2/c1-18(2)9-11-31(15-20-12-22(26)14-23(27)13-20)17-24-4-3-10-32(24)16-19-5-7-21(8-6-19)25(28,29)30/h3-8,10,12-14,18H,9,11,15-17H2,1-2H3. The van der Waals surface area contributed by atoms with Gasteiger partial charge in [-0.15, -0.1) is 0 Å². The molecule has 0 N–H and O–H groups in total. The summed E-state index contributed by atoms with van der Waals surface area (Å²) in [7, 11) is 0. The third-order valence-electron chi connectivity index (χ3n) is 5.29. The van der Waals surface area contributed by atoms with E-state index in [2.05, 4.69) is 18.7 Å². The van der Waals surface area contributed by atoms with Crippen molar-refractivity contribution in [3.8, 4) is 0 Å². The Morgan fingerprint density at radius 1 is 0.875 bits per heavy atom. The second-order valence-corrected chi connectivity index (χ2v) is 8.49. The highest BCUT2D eigenvalue weighted by Gasteiger charge is 2.29. The molecular formula is C25H27F5N2. The van der Waals surface area contributed by atoms with E-state index in [1.165, 1.54) is 24.3 Å². The topological polar surface area (TPSA) is 8.17 Å². The van der Waals surface area contributed by atoms with Gasteiger partial charge in [0.05, 0.1) is 5.56 Å². The van der Waals surface area contributed by atoms with Gasteiger partial charge in [-0.3, -0.25) is 4.90 Å². The van der Waals surface area contributed by atoms with Crippen molar-refractivity contribution in [2.75, 3.05) is 6.54 Å². The Morgan fingerprint density at radius 3 is 2.12 bits per heavy atom. The second-order valence-electron chi connectivity index (χ2n) is 8.49. The van der Waals surface area contributed by atoms with Crippen molar-refractivity contribution in [1.29, 1.82) is 0 Å². The molecule has 172 valence electrons. The van der Waals surface area contributed by atoms with Crippen LogP contribution in [0, 0.1) is 17.6 Å². The number of alkyl halides is 3. The van der Waals surface area contributed by atoms with Gasteiger partial charge < -0.3 is 4.57 Å². The SMILES string of the molecule is CC(C)CCN(Cc1cc(F)cc(F)c1)Cc1cccn1Cc1ccc(C(F)(F)F)cc1. The van der Waals surface area contributed by atoms with Crippen molar-refractivity contribution in [2.45, 2.75) is 46.1 Å². The van der Waals surface area contributed by atoms with Crippen molar-refractivity contribution >= 4 is 0 Å². The van der Waals surface area contributed by atoms with Gasteiger partial charge in [0.2, 0.25) is 0 Å². The maximum absolute atomic E-state index is 13.6. The molecule has 2 nitrogen and oxygen atoms in total. The van der Waals surface area contributed by atoms with Crippen LogP contribution in [0.1, 0.15) is 42.7 Å². The number of hydrogen-bond donors (Lipinski definition) is 0. The van der Waals surface area contributed by atoms with Crippen LogP contribution in [0.5, 0.6) is 0 Å². The van der Waals surface area contributed by atoms with Crippen LogP contribution in [0.25, 0.3) is 0 Å². The highest BCUT2D eigenvalue weighted by Crippen LogP contribution is 2.29. The molecule has 0 saturated heterocycles. The first-order chi connectivity index (χ1) is 15.1. The van der Waals surface area contributed by atoms with Gasteiger partial charge >= 0.3 is 6.18 Å². The molecule has 0 amide bonds. The minimum absolute atomic E-state index is 0.396. The summed E-state index contributed by atoms with van der Waals surface area (Å²) in [6.07, 6.45) is -1.54. The summed E-state index contributed by atoms with van der Waals surface area (Å²) in [5.74, 6) is -0.732. The van der Waals surface area contributed by atoms with Crippen LogP contribution >= 0.6 is 0 Å². The van der Waals surface area contributed by atoms with Gasteiger partial charge in [0, 0.05) is 37.6 Å². The number of hydrogen-bond acceptors (Lipinski definition) is 1. The van der Waals surface area contributed by atoms with Crippen LogP contribution in [-0.4, -0.2) is 16.0 Å². The smallest absolute Gasteiger partial charge is 0.346 e. The Kier molecular flexibility index (Phi) is 7.72. The molecule has 0 spiro atoms. The van der Waals surface area contributed by atoms with Crippen LogP contribution in [0.15, 0.2) is 60.8 Å². The molecular weight excluding hydrogens is 423 g/mol. The largest absolute Gasteiger partial charge is 0.416 e. The van der Waals surface area contributed by atoms with Gasteiger partial charge in [-0.05, 0) is 66.4 Å². The molecule has 0 fully saturated rings. The summed E-state index contributed by atoms with van der Waals surface area (Å²) in [4.78, 5) is 2.13. The molecule has 0 aliphatic heterocycles. The molecule has 0 aliphatic carbocycles. The van der Waals surface area contributed by atoms with Crippen LogP contribution < -0.4 is 0 Å². The molecule has 0 atom stereocenters. The third-order valence-corrected chi connectivity index (χ3v) is 5.29. The van der Waals surface area contributed by atoms with Crippen LogP contribution in [0.3, 0.4) is 0 Å². The number of benzene rings is 2. The first-order valence-corrected chi connectivity index (χ1v) is 10.6. The van der Waals surface area contributed by atoms with E-state index in [1.54, 1.807) is 0 Å². The summed E-state index contributed by atoms with van der Waals surface area (Å²) in [6, 6.07) is 12.5. The molecule has 3 rings (SSSR count). The lowest BCUT2D eigenvalue weighted by atomic mass is 10.1. The van der Waals surface area contributed by atoms with E-state index >= 15 is 0 Å². The van der Waals surface area contributed by atoms with E-state index in [9.17, 15) is 22.0 Å². The lowest BCUT2D eigenvalue weighted by molar-refractivity contribution is -0.137. The van der Waals surface area contributed by atoms with Gasteiger partial charge in [0.15, 0.2) is 0 Å². The Bertz CT molecular complexity index is 986. The maximum Gasteiger partial charge on any atom is 0.416 e. The number of halogens is 5. The van der Waals surface area contributed by atoms with Gasteiger partial charge in [0.1, 0.15) is 11.6 Å². The third kappa shape index (κ3) is 6.92. The zero-order chi connectivity index (χ0) is 23.3. The molecule has 0 saturated carbocycles. The summed E-state index contributed by atoms with van der Waals surface area (Å²) in [5, 5.41) is 0. The zero-order valence-electron chi connectivity index (χ0n) is 18.2. The lowest BCUT2D eigenvalue weighted by Gasteiger charge is -2.24. The Labute approximate surface area is 185 Å². The fraction of sp³-hybridized carbons (Fsp3) is 0.360. The van der Waals surface area contributed by atoms with Gasteiger partial charge in [-0.25, -0.2) is 8.78 Å². The van der Waals surface area contributed by atoms with E-state index in [-0.39, 0.29) is 0 Å². The second kappa shape index (κ2) is 10.3. The molecule has 7 heteroatoms. The fourth-order valence-corrected chi connectivity index (χ4v) is 3.59. The average Bonchev–Trinajstić information content (AvgIpc) is 3.11. The fourth-order valence-electron chi connectivity index (χ4n) is 3.59. The highest BCUT2D eigenvalue weighted by atomic mass is 19.4. The summed E-state index contributed by atoms with van der Waals surface area (Å²) in [5.41, 5.74) is 1.63. The monoisotopic (exact) mass is 450 g/mol. The maximum atomic E-state index is 13.6. The predicted octanol–water partition coefficient (Wildman–Crippen LogP) is 6.88. The number of nitrogens with zero attached hydrogens (tertiary/aromatic N) is 2. The van der Waals surface area contributed by atoms with E-state index in [0.29, 0.717) is 31.1 Å².